The minimum Gasteiger partial charge on any atom is -0.300 e. The Labute approximate surface area is 131 Å². The maximum atomic E-state index is 12.7. The minimum atomic E-state index is 0.203. The van der Waals surface area contributed by atoms with Crippen LogP contribution in [0.25, 0.3) is 0 Å². The molecule has 0 saturated carbocycles. The monoisotopic (exact) mass is 309 g/mol. The number of aromatic nitrogens is 2. The van der Waals surface area contributed by atoms with Crippen molar-refractivity contribution in [3.63, 3.8) is 0 Å². The summed E-state index contributed by atoms with van der Waals surface area (Å²) >= 11 is 6.36. The van der Waals surface area contributed by atoms with Crippen molar-refractivity contribution in [1.29, 1.82) is 0 Å². The molecule has 2 aliphatic heterocycles. The topological polar surface area (TPSA) is 38.1 Å². The summed E-state index contributed by atoms with van der Waals surface area (Å²) in [6.07, 6.45) is 5.76. The van der Waals surface area contributed by atoms with Crippen LogP contribution in [0, 0.1) is 5.92 Å². The number of piperidine rings is 1. The lowest BCUT2D eigenvalue weighted by Gasteiger charge is -2.35. The molecular formula is C16H24ClN3O. The molecule has 0 aromatic carbocycles. The number of halogens is 1. The Bertz CT molecular complexity index is 540. The number of carbonyl (C=O) groups excluding carboxylic acids is 1. The third-order valence-electron chi connectivity index (χ3n) is 5.40. The normalized spacial score (nSPS) is 29.0. The van der Waals surface area contributed by atoms with E-state index in [1.54, 1.807) is 4.68 Å². The highest BCUT2D eigenvalue weighted by molar-refractivity contribution is 6.32. The van der Waals surface area contributed by atoms with Crippen LogP contribution in [-0.4, -0.2) is 39.6 Å². The Kier molecular flexibility index (Phi) is 4.10. The van der Waals surface area contributed by atoms with E-state index in [4.69, 9.17) is 11.6 Å². The first-order valence-corrected chi connectivity index (χ1v) is 8.34. The standard InChI is InChI=1S/C16H24ClN3O/c1-4-13-16(17)14(20(3)18-13)9-15(21)10-7-11-5-6-12(8-10)19(11)2/h10-12H,4-9H2,1-3H3. The van der Waals surface area contributed by atoms with E-state index in [9.17, 15) is 4.79 Å². The predicted molar refractivity (Wildman–Crippen MR) is 83.6 cm³/mol. The van der Waals surface area contributed by atoms with Crippen molar-refractivity contribution in [2.24, 2.45) is 13.0 Å². The van der Waals surface area contributed by atoms with Crippen molar-refractivity contribution in [2.45, 2.75) is 57.5 Å². The fourth-order valence-electron chi connectivity index (χ4n) is 4.00. The zero-order valence-corrected chi connectivity index (χ0v) is 13.9. The number of fused-ring (bicyclic) bond motifs is 2. The molecule has 1 aromatic rings. The van der Waals surface area contributed by atoms with Gasteiger partial charge in [0.15, 0.2) is 0 Å². The maximum absolute atomic E-state index is 12.7. The third-order valence-corrected chi connectivity index (χ3v) is 5.83. The smallest absolute Gasteiger partial charge is 0.142 e. The third kappa shape index (κ3) is 2.64. The Morgan fingerprint density at radius 1 is 1.29 bits per heavy atom. The number of aryl methyl sites for hydroxylation is 2. The number of hydrogen-bond acceptors (Lipinski definition) is 3. The number of Topliss-reactive ketones (excluding diaryl/α,β-unsaturated/α-hetero) is 1. The first-order chi connectivity index (χ1) is 10.0. The predicted octanol–water partition coefficient (Wildman–Crippen LogP) is 2.62. The second-order valence-corrected chi connectivity index (χ2v) is 6.92. The highest BCUT2D eigenvalue weighted by Gasteiger charge is 2.40. The minimum absolute atomic E-state index is 0.203. The number of rotatable bonds is 4. The molecule has 0 radical (unpaired) electrons. The van der Waals surface area contributed by atoms with Crippen molar-refractivity contribution in [3.8, 4) is 0 Å². The summed E-state index contributed by atoms with van der Waals surface area (Å²) in [4.78, 5) is 15.1. The molecule has 2 unspecified atom stereocenters. The lowest BCUT2D eigenvalue weighted by Crippen LogP contribution is -2.42. The zero-order valence-electron chi connectivity index (χ0n) is 13.1. The largest absolute Gasteiger partial charge is 0.300 e. The van der Waals surface area contributed by atoms with Gasteiger partial charge in [-0.25, -0.2) is 0 Å². The van der Waals surface area contributed by atoms with Gasteiger partial charge in [-0.3, -0.25) is 9.48 Å². The SMILES string of the molecule is CCc1nn(C)c(CC(=O)C2CC3CCC(C2)N3C)c1Cl. The fraction of sp³-hybridized carbons (Fsp3) is 0.750. The van der Waals surface area contributed by atoms with Crippen LogP contribution in [0.3, 0.4) is 0 Å². The van der Waals surface area contributed by atoms with Gasteiger partial charge in [-0.1, -0.05) is 18.5 Å². The van der Waals surface area contributed by atoms with Gasteiger partial charge in [0.05, 0.1) is 22.8 Å². The molecule has 3 heterocycles. The van der Waals surface area contributed by atoms with Gasteiger partial charge >= 0.3 is 0 Å². The molecule has 2 atom stereocenters. The summed E-state index contributed by atoms with van der Waals surface area (Å²) in [6, 6.07) is 1.21. The molecule has 2 fully saturated rings. The first-order valence-electron chi connectivity index (χ1n) is 7.96. The number of carbonyl (C=O) groups is 1. The molecule has 0 N–H and O–H groups in total. The van der Waals surface area contributed by atoms with Crippen LogP contribution >= 0.6 is 11.6 Å². The molecule has 0 amide bonds. The van der Waals surface area contributed by atoms with Crippen LogP contribution in [0.5, 0.6) is 0 Å². The Hall–Kier alpha value is -0.870. The summed E-state index contributed by atoms with van der Waals surface area (Å²) in [7, 11) is 4.08. The zero-order chi connectivity index (χ0) is 15.1. The molecule has 0 spiro atoms. The van der Waals surface area contributed by atoms with Gasteiger partial charge in [0.2, 0.25) is 0 Å². The van der Waals surface area contributed by atoms with Gasteiger partial charge in [-0.2, -0.15) is 5.10 Å². The van der Waals surface area contributed by atoms with E-state index in [0.717, 1.165) is 30.7 Å². The van der Waals surface area contributed by atoms with Crippen LogP contribution in [0.2, 0.25) is 5.02 Å². The van der Waals surface area contributed by atoms with E-state index in [2.05, 4.69) is 17.0 Å². The van der Waals surface area contributed by atoms with Crippen molar-refractivity contribution in [2.75, 3.05) is 7.05 Å². The van der Waals surface area contributed by atoms with E-state index in [1.807, 2.05) is 14.0 Å². The average Bonchev–Trinajstić information content (AvgIpc) is 2.84. The van der Waals surface area contributed by atoms with E-state index in [0.29, 0.717) is 29.3 Å². The molecule has 3 rings (SSSR count). The maximum Gasteiger partial charge on any atom is 0.142 e. The number of nitrogens with zero attached hydrogens (tertiary/aromatic N) is 3. The van der Waals surface area contributed by atoms with Crippen molar-refractivity contribution < 1.29 is 4.79 Å². The van der Waals surface area contributed by atoms with Crippen LogP contribution in [0.15, 0.2) is 0 Å². The van der Waals surface area contributed by atoms with E-state index >= 15 is 0 Å². The Balaban J connectivity index is 1.71. The molecule has 2 saturated heterocycles. The highest BCUT2D eigenvalue weighted by Crippen LogP contribution is 2.38. The highest BCUT2D eigenvalue weighted by atomic mass is 35.5. The van der Waals surface area contributed by atoms with Crippen LogP contribution in [-0.2, 0) is 24.7 Å². The molecule has 2 aliphatic rings. The lowest BCUT2D eigenvalue weighted by molar-refractivity contribution is -0.124. The van der Waals surface area contributed by atoms with E-state index < -0.39 is 0 Å². The van der Waals surface area contributed by atoms with Gasteiger partial charge < -0.3 is 4.90 Å². The second-order valence-electron chi connectivity index (χ2n) is 6.55. The van der Waals surface area contributed by atoms with Gasteiger partial charge in [-0.05, 0) is 39.2 Å². The molecular weight excluding hydrogens is 286 g/mol. The molecule has 2 bridgehead atoms. The number of hydrogen-bond donors (Lipinski definition) is 0. The average molecular weight is 310 g/mol. The molecule has 5 heteroatoms. The van der Waals surface area contributed by atoms with Crippen LogP contribution < -0.4 is 0 Å². The Morgan fingerprint density at radius 3 is 2.43 bits per heavy atom. The Morgan fingerprint density at radius 2 is 1.90 bits per heavy atom. The first kappa shape index (κ1) is 15.0. The molecule has 4 nitrogen and oxygen atoms in total. The van der Waals surface area contributed by atoms with Gasteiger partial charge in [0.25, 0.3) is 0 Å². The molecule has 116 valence electrons. The summed E-state index contributed by atoms with van der Waals surface area (Å²) in [5.41, 5.74) is 1.77. The van der Waals surface area contributed by atoms with Gasteiger partial charge in [0, 0.05) is 25.0 Å². The van der Waals surface area contributed by atoms with Crippen molar-refractivity contribution >= 4 is 17.4 Å². The summed E-state index contributed by atoms with van der Waals surface area (Å²) < 4.78 is 1.78. The van der Waals surface area contributed by atoms with E-state index in [-0.39, 0.29) is 5.92 Å². The summed E-state index contributed by atoms with van der Waals surface area (Å²) in [5.74, 6) is 0.544. The molecule has 0 aliphatic carbocycles. The summed E-state index contributed by atoms with van der Waals surface area (Å²) in [5, 5.41) is 5.09. The molecule has 1 aromatic heterocycles. The fourth-order valence-corrected chi connectivity index (χ4v) is 4.36. The number of ketones is 1. The van der Waals surface area contributed by atoms with Crippen molar-refractivity contribution in [1.82, 2.24) is 14.7 Å². The lowest BCUT2D eigenvalue weighted by atomic mass is 9.86. The second kappa shape index (κ2) is 5.73. The van der Waals surface area contributed by atoms with Crippen LogP contribution in [0.1, 0.15) is 44.0 Å². The van der Waals surface area contributed by atoms with E-state index in [1.165, 1.54) is 12.8 Å². The van der Waals surface area contributed by atoms with Gasteiger partial charge in [0.1, 0.15) is 5.78 Å². The van der Waals surface area contributed by atoms with Crippen molar-refractivity contribution in [3.05, 3.63) is 16.4 Å². The summed E-state index contributed by atoms with van der Waals surface area (Å²) in [6.45, 7) is 2.04. The van der Waals surface area contributed by atoms with Gasteiger partial charge in [-0.15, -0.1) is 0 Å². The van der Waals surface area contributed by atoms with Crippen LogP contribution in [0.4, 0.5) is 0 Å². The molecule has 21 heavy (non-hydrogen) atoms. The quantitative estimate of drug-likeness (QED) is 0.858.